The zero-order valence-electron chi connectivity index (χ0n) is 10.3. The van der Waals surface area contributed by atoms with Crippen molar-refractivity contribution in [1.82, 2.24) is 0 Å². The van der Waals surface area contributed by atoms with E-state index in [2.05, 4.69) is 32.9 Å². The molecule has 0 aliphatic rings. The first-order valence-electron chi connectivity index (χ1n) is 5.41. The van der Waals surface area contributed by atoms with Crippen LogP contribution in [0.5, 0.6) is 0 Å². The van der Waals surface area contributed by atoms with E-state index in [9.17, 15) is 0 Å². The molecule has 16 heavy (non-hydrogen) atoms. The SMILES string of the molecule is CC(C)=C(C)Cc1cccc(C(C)(Cl)Cl)c1. The first kappa shape index (κ1) is 13.6. The van der Waals surface area contributed by atoms with Gasteiger partial charge < -0.3 is 0 Å². The lowest BCUT2D eigenvalue weighted by atomic mass is 10.0. The highest BCUT2D eigenvalue weighted by Gasteiger charge is 2.19. The fourth-order valence-electron chi connectivity index (χ4n) is 1.44. The molecule has 0 atom stereocenters. The molecule has 0 aromatic heterocycles. The lowest BCUT2D eigenvalue weighted by molar-refractivity contribution is 0.965. The van der Waals surface area contributed by atoms with Crippen molar-refractivity contribution >= 4 is 23.2 Å². The second-order valence-corrected chi connectivity index (χ2v) is 6.25. The van der Waals surface area contributed by atoms with Gasteiger partial charge in [-0.15, -0.1) is 0 Å². The van der Waals surface area contributed by atoms with Crippen molar-refractivity contribution in [3.8, 4) is 0 Å². The molecule has 0 aliphatic carbocycles. The van der Waals surface area contributed by atoms with Gasteiger partial charge in [-0.1, -0.05) is 58.6 Å². The number of rotatable bonds is 3. The van der Waals surface area contributed by atoms with Crippen LogP contribution in [-0.2, 0) is 10.8 Å². The standard InChI is InChI=1S/C14H18Cl2/c1-10(2)11(3)8-12-6-5-7-13(9-12)14(4,15)16/h5-7,9H,8H2,1-4H3. The van der Waals surface area contributed by atoms with Crippen molar-refractivity contribution in [2.24, 2.45) is 0 Å². The van der Waals surface area contributed by atoms with Gasteiger partial charge in [0, 0.05) is 0 Å². The van der Waals surface area contributed by atoms with Gasteiger partial charge in [-0.25, -0.2) is 0 Å². The summed E-state index contributed by atoms with van der Waals surface area (Å²) in [6.07, 6.45) is 0.958. The van der Waals surface area contributed by atoms with Crippen LogP contribution < -0.4 is 0 Å². The van der Waals surface area contributed by atoms with E-state index in [-0.39, 0.29) is 0 Å². The second kappa shape index (κ2) is 5.25. The Bertz CT molecular complexity index is 393. The average molecular weight is 257 g/mol. The highest BCUT2D eigenvalue weighted by Crippen LogP contribution is 2.33. The van der Waals surface area contributed by atoms with Gasteiger partial charge in [0.25, 0.3) is 0 Å². The predicted molar refractivity (Wildman–Crippen MR) is 73.3 cm³/mol. The second-order valence-electron chi connectivity index (χ2n) is 4.55. The quantitative estimate of drug-likeness (QED) is 0.513. The smallest absolute Gasteiger partial charge is 0.0966 e. The van der Waals surface area contributed by atoms with Crippen molar-refractivity contribution < 1.29 is 0 Å². The van der Waals surface area contributed by atoms with E-state index in [1.807, 2.05) is 12.1 Å². The summed E-state index contributed by atoms with van der Waals surface area (Å²) >= 11 is 12.2. The van der Waals surface area contributed by atoms with Gasteiger partial charge in [-0.05, 0) is 45.2 Å². The van der Waals surface area contributed by atoms with Crippen molar-refractivity contribution in [3.05, 3.63) is 46.5 Å². The molecule has 0 unspecified atom stereocenters. The summed E-state index contributed by atoms with van der Waals surface area (Å²) in [5, 5.41) is 0. The summed E-state index contributed by atoms with van der Waals surface area (Å²) in [6.45, 7) is 8.21. The molecular formula is C14H18Cl2. The normalized spacial score (nSPS) is 11.4. The molecule has 1 aromatic rings. The molecule has 0 aliphatic heterocycles. The monoisotopic (exact) mass is 256 g/mol. The fraction of sp³-hybridized carbons (Fsp3) is 0.429. The number of alkyl halides is 2. The molecule has 0 saturated carbocycles. The van der Waals surface area contributed by atoms with E-state index < -0.39 is 4.33 Å². The summed E-state index contributed by atoms with van der Waals surface area (Å²) in [5.41, 5.74) is 4.96. The van der Waals surface area contributed by atoms with E-state index >= 15 is 0 Å². The summed E-state index contributed by atoms with van der Waals surface area (Å²) < 4.78 is -0.811. The van der Waals surface area contributed by atoms with Gasteiger partial charge in [-0.3, -0.25) is 0 Å². The highest BCUT2D eigenvalue weighted by molar-refractivity contribution is 6.47. The number of halogens is 2. The molecule has 0 amide bonds. The van der Waals surface area contributed by atoms with Crippen molar-refractivity contribution in [3.63, 3.8) is 0 Å². The minimum atomic E-state index is -0.811. The maximum atomic E-state index is 6.08. The van der Waals surface area contributed by atoms with Crippen molar-refractivity contribution in [2.45, 2.75) is 38.4 Å². The van der Waals surface area contributed by atoms with E-state index in [1.54, 1.807) is 6.92 Å². The van der Waals surface area contributed by atoms with Crippen LogP contribution in [0.2, 0.25) is 0 Å². The summed E-state index contributed by atoms with van der Waals surface area (Å²) in [6, 6.07) is 8.15. The Morgan fingerprint density at radius 1 is 1.19 bits per heavy atom. The molecule has 2 heteroatoms. The topological polar surface area (TPSA) is 0 Å². The van der Waals surface area contributed by atoms with E-state index in [4.69, 9.17) is 23.2 Å². The molecule has 88 valence electrons. The Hall–Kier alpha value is -0.460. The van der Waals surface area contributed by atoms with Crippen molar-refractivity contribution in [1.29, 1.82) is 0 Å². The lowest BCUT2D eigenvalue weighted by Gasteiger charge is -2.15. The Kier molecular flexibility index (Phi) is 4.46. The zero-order valence-corrected chi connectivity index (χ0v) is 11.8. The maximum Gasteiger partial charge on any atom is 0.140 e. The molecule has 0 N–H and O–H groups in total. The minimum absolute atomic E-state index is 0.811. The Morgan fingerprint density at radius 2 is 1.81 bits per heavy atom. The van der Waals surface area contributed by atoms with Gasteiger partial charge >= 0.3 is 0 Å². The zero-order chi connectivity index (χ0) is 12.3. The third-order valence-electron chi connectivity index (χ3n) is 2.76. The van der Waals surface area contributed by atoms with E-state index in [0.717, 1.165) is 12.0 Å². The third kappa shape index (κ3) is 3.84. The first-order valence-corrected chi connectivity index (χ1v) is 6.16. The molecule has 0 saturated heterocycles. The number of allylic oxidation sites excluding steroid dienone is 2. The number of hydrogen-bond donors (Lipinski definition) is 0. The molecular weight excluding hydrogens is 239 g/mol. The van der Waals surface area contributed by atoms with E-state index in [0.29, 0.717) is 0 Å². The molecule has 0 bridgehead atoms. The maximum absolute atomic E-state index is 6.08. The Labute approximate surface area is 108 Å². The van der Waals surface area contributed by atoms with Crippen LogP contribution in [0.25, 0.3) is 0 Å². The summed E-state index contributed by atoms with van der Waals surface area (Å²) in [7, 11) is 0. The van der Waals surface area contributed by atoms with E-state index in [1.165, 1.54) is 16.7 Å². The van der Waals surface area contributed by atoms with Crippen LogP contribution >= 0.6 is 23.2 Å². The van der Waals surface area contributed by atoms with Crippen LogP contribution in [0.1, 0.15) is 38.8 Å². The number of benzene rings is 1. The Morgan fingerprint density at radius 3 is 2.31 bits per heavy atom. The van der Waals surface area contributed by atoms with Gasteiger partial charge in [0.15, 0.2) is 0 Å². The van der Waals surface area contributed by atoms with Crippen LogP contribution in [0.3, 0.4) is 0 Å². The molecule has 0 nitrogen and oxygen atoms in total. The molecule has 1 rings (SSSR count). The molecule has 0 radical (unpaired) electrons. The highest BCUT2D eigenvalue weighted by atomic mass is 35.5. The fourth-order valence-corrected chi connectivity index (χ4v) is 1.67. The summed E-state index contributed by atoms with van der Waals surface area (Å²) in [4.78, 5) is 0. The van der Waals surface area contributed by atoms with Crippen LogP contribution in [0.15, 0.2) is 35.4 Å². The largest absolute Gasteiger partial charge is 0.140 e. The van der Waals surface area contributed by atoms with Crippen molar-refractivity contribution in [2.75, 3.05) is 0 Å². The van der Waals surface area contributed by atoms with Gasteiger partial charge in [0.1, 0.15) is 4.33 Å². The van der Waals surface area contributed by atoms with Crippen LogP contribution in [0.4, 0.5) is 0 Å². The molecule has 1 aromatic carbocycles. The van der Waals surface area contributed by atoms with Crippen LogP contribution in [-0.4, -0.2) is 0 Å². The van der Waals surface area contributed by atoms with Gasteiger partial charge in [0.2, 0.25) is 0 Å². The third-order valence-corrected chi connectivity index (χ3v) is 3.19. The molecule has 0 heterocycles. The number of hydrogen-bond acceptors (Lipinski definition) is 0. The Balaban J connectivity index is 2.97. The predicted octanol–water partition coefficient (Wildman–Crippen LogP) is 5.24. The minimum Gasteiger partial charge on any atom is -0.0966 e. The molecule has 0 spiro atoms. The van der Waals surface area contributed by atoms with Gasteiger partial charge in [0.05, 0.1) is 0 Å². The summed E-state index contributed by atoms with van der Waals surface area (Å²) in [5.74, 6) is 0. The van der Waals surface area contributed by atoms with Crippen LogP contribution in [0, 0.1) is 0 Å². The lowest BCUT2D eigenvalue weighted by Crippen LogP contribution is -2.04. The first-order chi connectivity index (χ1) is 7.30. The average Bonchev–Trinajstić information content (AvgIpc) is 2.16. The molecule has 0 fully saturated rings. The van der Waals surface area contributed by atoms with Gasteiger partial charge in [-0.2, -0.15) is 0 Å².